The number of aromatic nitrogens is 1. The van der Waals surface area contributed by atoms with Crippen LogP contribution >= 0.6 is 0 Å². The van der Waals surface area contributed by atoms with Crippen molar-refractivity contribution in [3.8, 4) is 5.88 Å². The Labute approximate surface area is 136 Å². The van der Waals surface area contributed by atoms with Crippen molar-refractivity contribution >= 4 is 6.03 Å². The van der Waals surface area contributed by atoms with Crippen LogP contribution in [0.1, 0.15) is 32.1 Å². The lowest BCUT2D eigenvalue weighted by Crippen LogP contribution is -2.41. The van der Waals surface area contributed by atoms with Crippen molar-refractivity contribution in [2.75, 3.05) is 0 Å². The zero-order valence-corrected chi connectivity index (χ0v) is 13.7. The van der Waals surface area contributed by atoms with Crippen LogP contribution in [0.15, 0.2) is 41.1 Å². The number of amides is 2. The molecule has 6 heteroatoms. The minimum atomic E-state index is -0.216. The molecule has 2 aromatic rings. The first kappa shape index (κ1) is 16.9. The van der Waals surface area contributed by atoms with E-state index >= 15 is 0 Å². The third-order valence-corrected chi connectivity index (χ3v) is 3.07. The number of carbonyl (C=O) groups excluding carboxylic acids is 1. The van der Waals surface area contributed by atoms with Crippen molar-refractivity contribution < 1.29 is 13.9 Å². The van der Waals surface area contributed by atoms with E-state index in [1.807, 2.05) is 39.0 Å². The van der Waals surface area contributed by atoms with E-state index in [0.717, 1.165) is 11.3 Å². The molecule has 2 rings (SSSR count). The van der Waals surface area contributed by atoms with E-state index in [4.69, 9.17) is 9.15 Å². The van der Waals surface area contributed by atoms with E-state index in [1.165, 1.54) is 0 Å². The predicted molar refractivity (Wildman–Crippen MR) is 87.2 cm³/mol. The van der Waals surface area contributed by atoms with Crippen LogP contribution in [-0.4, -0.2) is 23.2 Å². The first-order valence-corrected chi connectivity index (χ1v) is 7.71. The number of pyridine rings is 1. The number of ether oxygens (including phenoxy) is 1. The van der Waals surface area contributed by atoms with Gasteiger partial charge in [-0.2, -0.15) is 0 Å². The summed E-state index contributed by atoms with van der Waals surface area (Å²) in [5.41, 5.74) is 0.912. The van der Waals surface area contributed by atoms with E-state index in [9.17, 15) is 4.79 Å². The zero-order chi connectivity index (χ0) is 16.7. The van der Waals surface area contributed by atoms with Crippen molar-refractivity contribution in [1.82, 2.24) is 15.6 Å². The fourth-order valence-corrected chi connectivity index (χ4v) is 2.07. The third-order valence-electron chi connectivity index (χ3n) is 3.07. The summed E-state index contributed by atoms with van der Waals surface area (Å²) in [7, 11) is 0. The van der Waals surface area contributed by atoms with Crippen LogP contribution in [0.4, 0.5) is 4.79 Å². The van der Waals surface area contributed by atoms with Crippen LogP contribution in [0.2, 0.25) is 0 Å². The summed E-state index contributed by atoms with van der Waals surface area (Å²) in [6.45, 7) is 6.24. The Kier molecular flexibility index (Phi) is 6.02. The van der Waals surface area contributed by atoms with Crippen LogP contribution in [0.25, 0.3) is 0 Å². The average Bonchev–Trinajstić information content (AvgIpc) is 2.98. The van der Waals surface area contributed by atoms with Crippen molar-refractivity contribution in [2.45, 2.75) is 45.9 Å². The molecule has 2 heterocycles. The average molecular weight is 317 g/mol. The lowest BCUT2D eigenvalue weighted by atomic mass is 10.2. The highest BCUT2D eigenvalue weighted by Crippen LogP contribution is 2.09. The Morgan fingerprint density at radius 1 is 1.30 bits per heavy atom. The van der Waals surface area contributed by atoms with Gasteiger partial charge in [0.15, 0.2) is 0 Å². The fourth-order valence-electron chi connectivity index (χ4n) is 2.07. The van der Waals surface area contributed by atoms with Gasteiger partial charge in [0.05, 0.1) is 12.4 Å². The first-order valence-electron chi connectivity index (χ1n) is 7.71. The maximum Gasteiger partial charge on any atom is 0.315 e. The molecule has 23 heavy (non-hydrogen) atoms. The Bertz CT molecular complexity index is 594. The minimum Gasteiger partial charge on any atom is -0.475 e. The zero-order valence-electron chi connectivity index (χ0n) is 13.7. The molecule has 0 aliphatic heterocycles. The molecule has 0 saturated carbocycles. The number of nitrogens with zero attached hydrogens (tertiary/aromatic N) is 1. The van der Waals surface area contributed by atoms with E-state index in [-0.39, 0.29) is 18.2 Å². The number of carbonyl (C=O) groups is 1. The first-order chi connectivity index (χ1) is 11.0. The Morgan fingerprint density at radius 2 is 2.13 bits per heavy atom. The number of nitrogens with one attached hydrogen (secondary N) is 2. The molecule has 0 aliphatic rings. The molecule has 1 atom stereocenters. The summed E-state index contributed by atoms with van der Waals surface area (Å²) in [5.74, 6) is 1.43. The second-order valence-electron chi connectivity index (χ2n) is 5.68. The summed E-state index contributed by atoms with van der Waals surface area (Å²) in [4.78, 5) is 16.1. The summed E-state index contributed by atoms with van der Waals surface area (Å²) < 4.78 is 10.7. The Balaban J connectivity index is 1.73. The molecule has 0 aromatic carbocycles. The van der Waals surface area contributed by atoms with E-state index in [0.29, 0.717) is 18.8 Å². The van der Waals surface area contributed by atoms with Crippen molar-refractivity contribution in [2.24, 2.45) is 0 Å². The number of urea groups is 1. The van der Waals surface area contributed by atoms with Crippen LogP contribution in [0.3, 0.4) is 0 Å². The van der Waals surface area contributed by atoms with Gasteiger partial charge in [0.25, 0.3) is 0 Å². The SMILES string of the molecule is CC(C)Oc1ccc(CNC(=O)N[C@H](C)Cc2ccco2)cn1. The van der Waals surface area contributed by atoms with E-state index in [1.54, 1.807) is 18.5 Å². The Hall–Kier alpha value is -2.50. The minimum absolute atomic E-state index is 0.0129. The second-order valence-corrected chi connectivity index (χ2v) is 5.68. The van der Waals surface area contributed by atoms with Gasteiger partial charge >= 0.3 is 6.03 Å². The van der Waals surface area contributed by atoms with Crippen LogP contribution in [-0.2, 0) is 13.0 Å². The molecule has 0 aliphatic carbocycles. The van der Waals surface area contributed by atoms with Crippen LogP contribution in [0.5, 0.6) is 5.88 Å². The quantitative estimate of drug-likeness (QED) is 0.823. The van der Waals surface area contributed by atoms with Gasteiger partial charge in [0, 0.05) is 31.3 Å². The lowest BCUT2D eigenvalue weighted by molar-refractivity contribution is 0.232. The van der Waals surface area contributed by atoms with Gasteiger partial charge in [-0.3, -0.25) is 0 Å². The van der Waals surface area contributed by atoms with Gasteiger partial charge in [0.2, 0.25) is 5.88 Å². The molecule has 124 valence electrons. The van der Waals surface area contributed by atoms with E-state index in [2.05, 4.69) is 15.6 Å². The topological polar surface area (TPSA) is 76.4 Å². The Morgan fingerprint density at radius 3 is 2.74 bits per heavy atom. The summed E-state index contributed by atoms with van der Waals surface area (Å²) in [6.07, 6.45) is 4.07. The van der Waals surface area contributed by atoms with Gasteiger partial charge in [-0.05, 0) is 38.5 Å². The lowest BCUT2D eigenvalue weighted by Gasteiger charge is -2.13. The second kappa shape index (κ2) is 8.22. The number of hydrogen-bond acceptors (Lipinski definition) is 4. The molecular weight excluding hydrogens is 294 g/mol. The summed E-state index contributed by atoms with van der Waals surface area (Å²) >= 11 is 0. The molecule has 0 unspecified atom stereocenters. The van der Waals surface area contributed by atoms with Crippen LogP contribution < -0.4 is 15.4 Å². The molecule has 6 nitrogen and oxygen atoms in total. The maximum atomic E-state index is 11.9. The molecule has 2 aromatic heterocycles. The molecule has 2 amide bonds. The summed E-state index contributed by atoms with van der Waals surface area (Å²) in [6, 6.07) is 7.18. The third kappa shape index (κ3) is 6.02. The van der Waals surface area contributed by atoms with Crippen molar-refractivity contribution in [3.63, 3.8) is 0 Å². The molecular formula is C17H23N3O3. The highest BCUT2D eigenvalue weighted by molar-refractivity contribution is 5.74. The van der Waals surface area contributed by atoms with Crippen molar-refractivity contribution in [1.29, 1.82) is 0 Å². The van der Waals surface area contributed by atoms with Gasteiger partial charge in [-0.15, -0.1) is 0 Å². The van der Waals surface area contributed by atoms with Gasteiger partial charge in [-0.25, -0.2) is 9.78 Å². The summed E-state index contributed by atoms with van der Waals surface area (Å²) in [5, 5.41) is 5.68. The predicted octanol–water partition coefficient (Wildman–Crippen LogP) is 2.89. The molecule has 0 fully saturated rings. The highest BCUT2D eigenvalue weighted by atomic mass is 16.5. The smallest absolute Gasteiger partial charge is 0.315 e. The van der Waals surface area contributed by atoms with Gasteiger partial charge < -0.3 is 19.8 Å². The molecule has 2 N–H and O–H groups in total. The number of hydrogen-bond donors (Lipinski definition) is 2. The fraction of sp³-hybridized carbons (Fsp3) is 0.412. The monoisotopic (exact) mass is 317 g/mol. The number of rotatable bonds is 7. The molecule has 0 saturated heterocycles. The maximum absolute atomic E-state index is 11.9. The normalized spacial score (nSPS) is 12.0. The van der Waals surface area contributed by atoms with Gasteiger partial charge in [0.1, 0.15) is 5.76 Å². The number of furan rings is 1. The largest absolute Gasteiger partial charge is 0.475 e. The van der Waals surface area contributed by atoms with Crippen LogP contribution in [0, 0.1) is 0 Å². The standard InChI is InChI=1S/C17H23N3O3/c1-12(2)23-16-7-6-14(10-18-16)11-19-17(21)20-13(3)9-15-5-4-8-22-15/h4-8,10,12-13H,9,11H2,1-3H3,(H2,19,20,21)/t13-/m1/s1. The molecule has 0 radical (unpaired) electrons. The molecule has 0 spiro atoms. The van der Waals surface area contributed by atoms with E-state index < -0.39 is 0 Å². The van der Waals surface area contributed by atoms with Gasteiger partial charge in [-0.1, -0.05) is 6.07 Å². The highest BCUT2D eigenvalue weighted by Gasteiger charge is 2.09. The van der Waals surface area contributed by atoms with Crippen molar-refractivity contribution in [3.05, 3.63) is 48.0 Å². The molecule has 0 bridgehead atoms.